The molecule has 0 bridgehead atoms. The number of hydrogen-bond acceptors (Lipinski definition) is 3. The Morgan fingerprint density at radius 1 is 1.08 bits per heavy atom. The highest BCUT2D eigenvalue weighted by atomic mass is 16.2. The van der Waals surface area contributed by atoms with Gasteiger partial charge in [0.2, 0.25) is 11.8 Å². The van der Waals surface area contributed by atoms with E-state index < -0.39 is 6.04 Å². The molecule has 0 saturated heterocycles. The minimum Gasteiger partial charge on any atom is -0.372 e. The van der Waals surface area contributed by atoms with E-state index in [1.807, 2.05) is 63.2 Å². The molecule has 2 aromatic rings. The Kier molecular flexibility index (Phi) is 4.74. The lowest BCUT2D eigenvalue weighted by atomic mass is 10.0. The van der Waals surface area contributed by atoms with Crippen LogP contribution in [0, 0.1) is 13.8 Å². The predicted octanol–water partition coefficient (Wildman–Crippen LogP) is 3.48. The lowest BCUT2D eigenvalue weighted by Crippen LogP contribution is -2.43. The van der Waals surface area contributed by atoms with E-state index in [0.29, 0.717) is 6.54 Å². The Morgan fingerprint density at radius 2 is 1.72 bits per heavy atom. The average Bonchev–Trinajstić information content (AvgIpc) is 2.59. The number of rotatable bonds is 4. The van der Waals surface area contributed by atoms with Crippen molar-refractivity contribution in [1.82, 2.24) is 0 Å². The normalized spacial score (nSPS) is 15.8. The van der Waals surface area contributed by atoms with E-state index in [-0.39, 0.29) is 18.2 Å². The molecule has 5 nitrogen and oxygen atoms in total. The number of amides is 2. The van der Waals surface area contributed by atoms with Gasteiger partial charge in [-0.05, 0) is 56.2 Å². The molecule has 130 valence electrons. The van der Waals surface area contributed by atoms with Gasteiger partial charge in [-0.2, -0.15) is 0 Å². The molecule has 2 amide bonds. The first-order valence-corrected chi connectivity index (χ1v) is 8.53. The van der Waals surface area contributed by atoms with Crippen molar-refractivity contribution in [3.8, 4) is 0 Å². The summed E-state index contributed by atoms with van der Waals surface area (Å²) in [6.45, 7) is 6.53. The zero-order valence-electron chi connectivity index (χ0n) is 14.8. The summed E-state index contributed by atoms with van der Waals surface area (Å²) in [6, 6.07) is 12.9. The molecule has 0 unspecified atom stereocenters. The molecule has 0 saturated carbocycles. The van der Waals surface area contributed by atoms with Crippen LogP contribution >= 0.6 is 0 Å². The van der Waals surface area contributed by atoms with Crippen LogP contribution in [-0.4, -0.2) is 24.4 Å². The Labute approximate surface area is 148 Å². The van der Waals surface area contributed by atoms with Crippen molar-refractivity contribution >= 4 is 28.9 Å². The quantitative estimate of drug-likeness (QED) is 0.898. The minimum atomic E-state index is -0.570. The Balaban J connectivity index is 1.77. The van der Waals surface area contributed by atoms with Gasteiger partial charge in [-0.1, -0.05) is 18.2 Å². The smallest absolute Gasteiger partial charge is 0.247 e. The van der Waals surface area contributed by atoms with Crippen LogP contribution in [-0.2, 0) is 9.59 Å². The SMILES string of the molecule is CCN(C(=O)C[C@H]1Nc2cc(C)c(C)cc2NC1=O)c1ccccc1. The van der Waals surface area contributed by atoms with E-state index >= 15 is 0 Å². The van der Waals surface area contributed by atoms with Crippen LogP contribution in [0.25, 0.3) is 0 Å². The third-order valence-corrected chi connectivity index (χ3v) is 4.60. The molecule has 2 N–H and O–H groups in total. The molecule has 3 rings (SSSR count). The number of para-hydroxylation sites is 1. The summed E-state index contributed by atoms with van der Waals surface area (Å²) >= 11 is 0. The molecule has 0 spiro atoms. The van der Waals surface area contributed by atoms with E-state index in [0.717, 1.165) is 28.2 Å². The monoisotopic (exact) mass is 337 g/mol. The molecule has 0 aliphatic carbocycles. The average molecular weight is 337 g/mol. The van der Waals surface area contributed by atoms with Crippen LogP contribution in [0.4, 0.5) is 17.1 Å². The second kappa shape index (κ2) is 6.97. The maximum Gasteiger partial charge on any atom is 0.247 e. The Hall–Kier alpha value is -2.82. The zero-order valence-corrected chi connectivity index (χ0v) is 14.8. The third kappa shape index (κ3) is 3.50. The van der Waals surface area contributed by atoms with E-state index in [9.17, 15) is 9.59 Å². The summed E-state index contributed by atoms with van der Waals surface area (Å²) in [4.78, 5) is 26.8. The fraction of sp³-hybridized carbons (Fsp3) is 0.300. The molecule has 2 aromatic carbocycles. The van der Waals surface area contributed by atoms with Crippen LogP contribution in [0.2, 0.25) is 0 Å². The summed E-state index contributed by atoms with van der Waals surface area (Å²) < 4.78 is 0. The standard InChI is InChI=1S/C20H23N3O2/c1-4-23(15-8-6-5-7-9-15)19(24)12-18-20(25)22-17-11-14(3)13(2)10-16(17)21-18/h5-11,18,21H,4,12H2,1-3H3,(H,22,25)/t18-/m1/s1. The van der Waals surface area contributed by atoms with Crippen LogP contribution in [0.3, 0.4) is 0 Å². The third-order valence-electron chi connectivity index (χ3n) is 4.60. The van der Waals surface area contributed by atoms with E-state index in [4.69, 9.17) is 0 Å². The van der Waals surface area contributed by atoms with Crippen molar-refractivity contribution in [1.29, 1.82) is 0 Å². The Morgan fingerprint density at radius 3 is 2.36 bits per heavy atom. The number of aryl methyl sites for hydroxylation is 2. The number of nitrogens with zero attached hydrogens (tertiary/aromatic N) is 1. The molecule has 0 aromatic heterocycles. The second-order valence-electron chi connectivity index (χ2n) is 6.35. The predicted molar refractivity (Wildman–Crippen MR) is 101 cm³/mol. The van der Waals surface area contributed by atoms with E-state index in [2.05, 4.69) is 10.6 Å². The molecular weight excluding hydrogens is 314 g/mol. The van der Waals surface area contributed by atoms with Crippen molar-refractivity contribution < 1.29 is 9.59 Å². The van der Waals surface area contributed by atoms with Crippen LogP contribution in [0.15, 0.2) is 42.5 Å². The topological polar surface area (TPSA) is 61.4 Å². The van der Waals surface area contributed by atoms with Gasteiger partial charge in [0.15, 0.2) is 0 Å². The highest BCUT2D eigenvalue weighted by molar-refractivity contribution is 6.06. The Bertz CT molecular complexity index is 802. The highest BCUT2D eigenvalue weighted by Crippen LogP contribution is 2.30. The number of carbonyl (C=O) groups is 2. The van der Waals surface area contributed by atoms with Crippen molar-refractivity contribution in [2.45, 2.75) is 33.2 Å². The van der Waals surface area contributed by atoms with Crippen molar-refractivity contribution in [2.75, 3.05) is 22.1 Å². The zero-order chi connectivity index (χ0) is 18.0. The molecule has 0 fully saturated rings. The second-order valence-corrected chi connectivity index (χ2v) is 6.35. The maximum atomic E-state index is 12.7. The molecule has 1 heterocycles. The summed E-state index contributed by atoms with van der Waals surface area (Å²) in [5.41, 5.74) is 4.75. The van der Waals surface area contributed by atoms with Crippen LogP contribution in [0.5, 0.6) is 0 Å². The molecule has 25 heavy (non-hydrogen) atoms. The molecule has 1 aliphatic rings. The molecule has 0 radical (unpaired) electrons. The number of anilines is 3. The van der Waals surface area contributed by atoms with Crippen molar-refractivity contribution in [3.63, 3.8) is 0 Å². The molecule has 5 heteroatoms. The first kappa shape index (κ1) is 17.0. The van der Waals surface area contributed by atoms with E-state index in [1.165, 1.54) is 0 Å². The fourth-order valence-electron chi connectivity index (χ4n) is 3.05. The summed E-state index contributed by atoms with van der Waals surface area (Å²) in [7, 11) is 0. The molecule has 1 aliphatic heterocycles. The number of carbonyl (C=O) groups excluding carboxylic acids is 2. The summed E-state index contributed by atoms with van der Waals surface area (Å²) in [6.07, 6.45) is 0.112. The number of fused-ring (bicyclic) bond motifs is 1. The van der Waals surface area contributed by atoms with Gasteiger partial charge in [-0.15, -0.1) is 0 Å². The van der Waals surface area contributed by atoms with Gasteiger partial charge in [0.1, 0.15) is 6.04 Å². The van der Waals surface area contributed by atoms with Crippen LogP contribution in [0.1, 0.15) is 24.5 Å². The lowest BCUT2D eigenvalue weighted by molar-refractivity contribution is -0.123. The van der Waals surface area contributed by atoms with Gasteiger partial charge in [0, 0.05) is 12.2 Å². The van der Waals surface area contributed by atoms with E-state index in [1.54, 1.807) is 4.90 Å². The fourth-order valence-corrected chi connectivity index (χ4v) is 3.05. The molecule has 1 atom stereocenters. The molecular formula is C20H23N3O2. The lowest BCUT2D eigenvalue weighted by Gasteiger charge is -2.29. The summed E-state index contributed by atoms with van der Waals surface area (Å²) in [5, 5.41) is 6.12. The van der Waals surface area contributed by atoms with Gasteiger partial charge in [0.05, 0.1) is 17.8 Å². The largest absolute Gasteiger partial charge is 0.372 e. The van der Waals surface area contributed by atoms with Gasteiger partial charge < -0.3 is 15.5 Å². The van der Waals surface area contributed by atoms with Gasteiger partial charge in [-0.3, -0.25) is 9.59 Å². The maximum absolute atomic E-state index is 12.7. The van der Waals surface area contributed by atoms with Crippen molar-refractivity contribution in [2.24, 2.45) is 0 Å². The summed E-state index contributed by atoms with van der Waals surface area (Å²) in [5.74, 6) is -0.248. The van der Waals surface area contributed by atoms with Crippen molar-refractivity contribution in [3.05, 3.63) is 53.6 Å². The van der Waals surface area contributed by atoms with Gasteiger partial charge in [0.25, 0.3) is 0 Å². The number of hydrogen-bond donors (Lipinski definition) is 2. The highest BCUT2D eigenvalue weighted by Gasteiger charge is 2.29. The first-order chi connectivity index (χ1) is 12.0. The van der Waals surface area contributed by atoms with Crippen LogP contribution < -0.4 is 15.5 Å². The minimum absolute atomic E-state index is 0.0753. The first-order valence-electron chi connectivity index (χ1n) is 8.53. The number of benzene rings is 2. The number of nitrogens with one attached hydrogen (secondary N) is 2. The van der Waals surface area contributed by atoms with Gasteiger partial charge >= 0.3 is 0 Å². The van der Waals surface area contributed by atoms with Gasteiger partial charge in [-0.25, -0.2) is 0 Å².